The second kappa shape index (κ2) is 6.13. The summed E-state index contributed by atoms with van der Waals surface area (Å²) in [6.07, 6.45) is -0.311. The number of aromatic hydroxyl groups is 1. The molecule has 0 heterocycles. The summed E-state index contributed by atoms with van der Waals surface area (Å²) < 4.78 is 0. The van der Waals surface area contributed by atoms with Crippen molar-refractivity contribution in [3.63, 3.8) is 0 Å². The van der Waals surface area contributed by atoms with Crippen LogP contribution in [0, 0.1) is 22.0 Å². The number of rotatable bonds is 2. The number of carbonyl (C=O) groups excluding carboxylic acids is 3. The van der Waals surface area contributed by atoms with E-state index in [0.29, 0.717) is 5.56 Å². The van der Waals surface area contributed by atoms with Gasteiger partial charge in [-0.1, -0.05) is 6.07 Å². The van der Waals surface area contributed by atoms with Gasteiger partial charge in [0.15, 0.2) is 11.4 Å². The number of Topliss-reactive ketones (excluding diaryl/α,β-unsaturated/α-hetero) is 2. The lowest BCUT2D eigenvalue weighted by atomic mass is 9.59. The first kappa shape index (κ1) is 19.6. The normalized spacial score (nSPS) is 28.0. The maximum absolute atomic E-state index is 13.2. The average Bonchev–Trinajstić information content (AvgIpc) is 2.64. The van der Waals surface area contributed by atoms with Gasteiger partial charge in [-0.3, -0.25) is 24.5 Å². The molecule has 0 aromatic heterocycles. The van der Waals surface area contributed by atoms with Crippen molar-refractivity contribution in [3.05, 3.63) is 50.3 Å². The summed E-state index contributed by atoms with van der Waals surface area (Å²) in [6.45, 7) is 0. The van der Waals surface area contributed by atoms with Gasteiger partial charge in [-0.25, -0.2) is 0 Å². The van der Waals surface area contributed by atoms with Crippen LogP contribution in [0.25, 0.3) is 5.76 Å². The van der Waals surface area contributed by atoms with Gasteiger partial charge < -0.3 is 26.2 Å². The van der Waals surface area contributed by atoms with Crippen molar-refractivity contribution in [2.75, 3.05) is 0 Å². The molecule has 0 spiro atoms. The van der Waals surface area contributed by atoms with Crippen LogP contribution < -0.4 is 5.73 Å². The Kier molecular flexibility index (Phi) is 4.00. The van der Waals surface area contributed by atoms with Crippen LogP contribution in [0.4, 0.5) is 5.69 Å². The van der Waals surface area contributed by atoms with E-state index in [1.807, 2.05) is 0 Å². The summed E-state index contributed by atoms with van der Waals surface area (Å²) in [7, 11) is 0. The fourth-order valence-electron chi connectivity index (χ4n) is 4.73. The first-order valence-corrected chi connectivity index (χ1v) is 8.96. The first-order chi connectivity index (χ1) is 14.0. The van der Waals surface area contributed by atoms with Gasteiger partial charge in [0.1, 0.15) is 17.1 Å². The summed E-state index contributed by atoms with van der Waals surface area (Å²) in [6, 6.07) is 2.42. The van der Waals surface area contributed by atoms with E-state index in [0.717, 1.165) is 6.07 Å². The molecule has 11 nitrogen and oxygen atoms in total. The molecule has 4 rings (SSSR count). The Morgan fingerprint density at radius 3 is 2.47 bits per heavy atom. The number of hydrogen-bond donors (Lipinski definition) is 5. The van der Waals surface area contributed by atoms with E-state index in [-0.39, 0.29) is 24.0 Å². The Morgan fingerprint density at radius 2 is 1.87 bits per heavy atom. The molecule has 3 unspecified atom stereocenters. The van der Waals surface area contributed by atoms with Crippen molar-refractivity contribution in [2.45, 2.75) is 24.9 Å². The van der Waals surface area contributed by atoms with Crippen LogP contribution >= 0.6 is 0 Å². The number of nitro benzene ring substituents is 1. The highest BCUT2D eigenvalue weighted by molar-refractivity contribution is 6.22. The van der Waals surface area contributed by atoms with Crippen LogP contribution in [0.15, 0.2) is 29.0 Å². The number of fused-ring (bicyclic) bond motifs is 3. The quantitative estimate of drug-likeness (QED) is 0.256. The minimum absolute atomic E-state index is 0.000659. The Labute approximate surface area is 167 Å². The largest absolute Gasteiger partial charge is 0.508 e. The van der Waals surface area contributed by atoms with Crippen molar-refractivity contribution in [1.29, 1.82) is 0 Å². The van der Waals surface area contributed by atoms with Crippen LogP contribution in [0.3, 0.4) is 0 Å². The standard InChI is InChI=1S/C19H16N2O9/c20-18(27)13-10(22)5-8-4-7-3-6-1-2-9(21(29)30)14(23)11(6)15(24)12(7)16(25)19(8,28)17(13)26/h1-2,7-8,23-24,26,28H,3-5H2,(H2,20,27). The molecule has 3 aliphatic carbocycles. The molecule has 3 aliphatic rings. The van der Waals surface area contributed by atoms with E-state index < -0.39 is 74.8 Å². The summed E-state index contributed by atoms with van der Waals surface area (Å²) >= 11 is 0. The predicted octanol–water partition coefficient (Wildman–Crippen LogP) is 0.332. The van der Waals surface area contributed by atoms with E-state index in [1.54, 1.807) is 0 Å². The molecule has 3 atom stereocenters. The second-order valence-electron chi connectivity index (χ2n) is 7.63. The highest BCUT2D eigenvalue weighted by atomic mass is 16.6. The fraction of sp³-hybridized carbons (Fsp3) is 0.316. The van der Waals surface area contributed by atoms with Gasteiger partial charge in [0.2, 0.25) is 11.5 Å². The number of amides is 1. The molecule has 0 radical (unpaired) electrons. The minimum atomic E-state index is -2.66. The van der Waals surface area contributed by atoms with Gasteiger partial charge >= 0.3 is 5.69 Å². The lowest BCUT2D eigenvalue weighted by molar-refractivity contribution is -0.385. The fourth-order valence-corrected chi connectivity index (χ4v) is 4.73. The van der Waals surface area contributed by atoms with Crippen molar-refractivity contribution >= 4 is 28.9 Å². The maximum Gasteiger partial charge on any atom is 0.311 e. The number of primary amides is 1. The molecule has 0 aliphatic heterocycles. The Hall–Kier alpha value is -3.73. The number of benzene rings is 1. The second-order valence-corrected chi connectivity index (χ2v) is 7.63. The smallest absolute Gasteiger partial charge is 0.311 e. The van der Waals surface area contributed by atoms with Gasteiger partial charge in [-0.2, -0.15) is 0 Å². The lowest BCUT2D eigenvalue weighted by Gasteiger charge is -2.45. The topological polar surface area (TPSA) is 201 Å². The van der Waals surface area contributed by atoms with Gasteiger partial charge in [0.25, 0.3) is 5.91 Å². The van der Waals surface area contributed by atoms with E-state index in [9.17, 15) is 44.9 Å². The third-order valence-corrected chi connectivity index (χ3v) is 6.11. The number of aliphatic hydroxyl groups is 3. The molecular weight excluding hydrogens is 400 g/mol. The molecule has 30 heavy (non-hydrogen) atoms. The molecule has 0 saturated heterocycles. The third-order valence-electron chi connectivity index (χ3n) is 6.11. The number of phenolic OH excluding ortho intramolecular Hbond substituents is 1. The van der Waals surface area contributed by atoms with Crippen molar-refractivity contribution < 1.29 is 39.7 Å². The molecular formula is C19H16N2O9. The van der Waals surface area contributed by atoms with Gasteiger partial charge in [-0.15, -0.1) is 0 Å². The monoisotopic (exact) mass is 416 g/mol. The van der Waals surface area contributed by atoms with Gasteiger partial charge in [0.05, 0.1) is 10.5 Å². The van der Waals surface area contributed by atoms with E-state index in [1.165, 1.54) is 6.07 Å². The lowest BCUT2D eigenvalue weighted by Crippen LogP contribution is -2.58. The number of nitrogens with zero attached hydrogens (tertiary/aromatic N) is 1. The number of ketones is 2. The Balaban J connectivity index is 1.94. The number of aliphatic hydroxyl groups excluding tert-OH is 2. The van der Waals surface area contributed by atoms with Crippen LogP contribution in [0.5, 0.6) is 5.75 Å². The Morgan fingerprint density at radius 1 is 1.20 bits per heavy atom. The molecule has 1 fully saturated rings. The summed E-state index contributed by atoms with van der Waals surface area (Å²) in [5.74, 6) is -7.76. The molecule has 6 N–H and O–H groups in total. The average molecular weight is 416 g/mol. The zero-order valence-electron chi connectivity index (χ0n) is 15.3. The number of carbonyl (C=O) groups is 3. The Bertz CT molecular complexity index is 1130. The zero-order valence-corrected chi connectivity index (χ0v) is 15.3. The van der Waals surface area contributed by atoms with Crippen molar-refractivity contribution in [3.8, 4) is 5.75 Å². The van der Waals surface area contributed by atoms with Crippen LogP contribution in [0.1, 0.15) is 24.0 Å². The summed E-state index contributed by atoms with van der Waals surface area (Å²) in [4.78, 5) is 47.2. The molecule has 11 heteroatoms. The highest BCUT2D eigenvalue weighted by Gasteiger charge is 2.60. The molecule has 1 aromatic rings. The van der Waals surface area contributed by atoms with Crippen LogP contribution in [0.2, 0.25) is 0 Å². The summed E-state index contributed by atoms with van der Waals surface area (Å²) in [5, 5.41) is 53.6. The van der Waals surface area contributed by atoms with Gasteiger partial charge in [-0.05, 0) is 24.3 Å². The zero-order chi connectivity index (χ0) is 22.1. The molecule has 1 aromatic carbocycles. The predicted molar refractivity (Wildman–Crippen MR) is 98.0 cm³/mol. The SMILES string of the molecule is NC(=O)C1=C(O)C2(O)C(=O)C3=C(O)c4c(ccc([N+](=O)[O-])c4O)CC3CC2CC1=O. The van der Waals surface area contributed by atoms with Gasteiger partial charge in [0, 0.05) is 24.0 Å². The van der Waals surface area contributed by atoms with Crippen molar-refractivity contribution in [2.24, 2.45) is 17.6 Å². The minimum Gasteiger partial charge on any atom is -0.508 e. The maximum atomic E-state index is 13.2. The van der Waals surface area contributed by atoms with E-state index in [2.05, 4.69) is 0 Å². The molecule has 156 valence electrons. The number of hydrogen-bond acceptors (Lipinski definition) is 9. The number of nitrogens with two attached hydrogens (primary N) is 1. The van der Waals surface area contributed by atoms with Crippen molar-refractivity contribution in [1.82, 2.24) is 0 Å². The van der Waals surface area contributed by atoms with E-state index in [4.69, 9.17) is 5.73 Å². The summed E-state index contributed by atoms with van der Waals surface area (Å²) in [5.41, 5.74) is 0.578. The first-order valence-electron chi connectivity index (χ1n) is 8.96. The highest BCUT2D eigenvalue weighted by Crippen LogP contribution is 2.52. The number of phenols is 1. The third kappa shape index (κ3) is 2.32. The molecule has 1 saturated carbocycles. The van der Waals surface area contributed by atoms with Crippen LogP contribution in [-0.2, 0) is 20.8 Å². The molecule has 0 bridgehead atoms. The van der Waals surface area contributed by atoms with Crippen LogP contribution in [-0.4, -0.2) is 48.4 Å². The van der Waals surface area contributed by atoms with E-state index >= 15 is 0 Å². The molecule has 1 amide bonds. The number of nitro groups is 1.